The Morgan fingerprint density at radius 2 is 1.76 bits per heavy atom. The molecule has 0 aliphatic carbocycles. The molecule has 33 heavy (non-hydrogen) atoms. The van der Waals surface area contributed by atoms with Gasteiger partial charge in [0.25, 0.3) is 0 Å². The summed E-state index contributed by atoms with van der Waals surface area (Å²) in [7, 11) is 0. The van der Waals surface area contributed by atoms with Crippen LogP contribution in [0.2, 0.25) is 0 Å². The maximum Gasteiger partial charge on any atom is 0.338 e. The van der Waals surface area contributed by atoms with Crippen molar-refractivity contribution >= 4 is 57.1 Å². The maximum atomic E-state index is 12.8. The van der Waals surface area contributed by atoms with Gasteiger partial charge in [0.1, 0.15) is 10.9 Å². The van der Waals surface area contributed by atoms with Crippen molar-refractivity contribution in [1.82, 2.24) is 9.97 Å². The molecule has 0 atom stereocenters. The van der Waals surface area contributed by atoms with Gasteiger partial charge in [0.15, 0.2) is 5.13 Å². The number of aromatic nitrogens is 2. The number of esters is 1. The molecule has 0 N–H and O–H groups in total. The summed E-state index contributed by atoms with van der Waals surface area (Å²) in [6.45, 7) is 3.49. The van der Waals surface area contributed by atoms with Gasteiger partial charge in [0.2, 0.25) is 5.91 Å². The van der Waals surface area contributed by atoms with E-state index >= 15 is 0 Å². The number of thiazole rings is 2. The third-order valence-corrected chi connectivity index (χ3v) is 7.66. The van der Waals surface area contributed by atoms with Gasteiger partial charge in [-0.3, -0.25) is 9.69 Å². The largest absolute Gasteiger partial charge is 0.456 e. The van der Waals surface area contributed by atoms with Crippen molar-refractivity contribution in [2.75, 3.05) is 4.90 Å². The third kappa shape index (κ3) is 5.87. The first-order chi connectivity index (χ1) is 16.0. The number of carbonyl (C=O) groups excluding carboxylic acids is 2. The number of ether oxygens (including phenoxy) is 1. The van der Waals surface area contributed by atoms with Crippen LogP contribution >= 0.6 is 34.4 Å². The molecule has 0 fully saturated rings. The summed E-state index contributed by atoms with van der Waals surface area (Å²) in [5.41, 5.74) is 3.75. The smallest absolute Gasteiger partial charge is 0.338 e. The summed E-state index contributed by atoms with van der Waals surface area (Å²) in [4.78, 5) is 35.5. The van der Waals surface area contributed by atoms with Crippen LogP contribution in [0.15, 0.2) is 69.7 Å². The summed E-state index contributed by atoms with van der Waals surface area (Å²) < 4.78 is 6.52. The second kappa shape index (κ2) is 10.7. The Morgan fingerprint density at radius 3 is 2.48 bits per heavy atom. The molecular formula is C24H21N3O3S3. The molecule has 6 nitrogen and oxygen atoms in total. The van der Waals surface area contributed by atoms with Gasteiger partial charge >= 0.3 is 5.97 Å². The number of hydrogen-bond donors (Lipinski definition) is 0. The summed E-state index contributed by atoms with van der Waals surface area (Å²) >= 11 is 4.53. The zero-order valence-electron chi connectivity index (χ0n) is 18.1. The highest BCUT2D eigenvalue weighted by molar-refractivity contribution is 8.00. The highest BCUT2D eigenvalue weighted by atomic mass is 32.2. The second-order valence-corrected chi connectivity index (χ2v) is 10.0. The number of rotatable bonds is 8. The first kappa shape index (κ1) is 23.2. The van der Waals surface area contributed by atoms with Crippen molar-refractivity contribution in [2.24, 2.45) is 0 Å². The minimum atomic E-state index is -0.400. The molecule has 168 valence electrons. The monoisotopic (exact) mass is 495 g/mol. The number of aryl methyl sites for hydroxylation is 1. The average Bonchev–Trinajstić information content (AvgIpc) is 3.46. The number of amides is 1. The van der Waals surface area contributed by atoms with Crippen LogP contribution in [0.1, 0.15) is 34.2 Å². The Balaban J connectivity index is 1.41. The minimum absolute atomic E-state index is 0.0308. The van der Waals surface area contributed by atoms with Crippen LogP contribution in [0.25, 0.3) is 0 Å². The van der Waals surface area contributed by atoms with E-state index < -0.39 is 5.97 Å². The molecular weight excluding hydrogens is 474 g/mol. The first-order valence-electron chi connectivity index (χ1n) is 10.1. The highest BCUT2D eigenvalue weighted by Gasteiger charge is 2.19. The fraction of sp³-hybridized carbons (Fsp3) is 0.167. The third-order valence-electron chi connectivity index (χ3n) is 4.60. The fourth-order valence-electron chi connectivity index (χ4n) is 3.07. The van der Waals surface area contributed by atoms with Crippen molar-refractivity contribution in [3.8, 4) is 0 Å². The van der Waals surface area contributed by atoms with E-state index in [-0.39, 0.29) is 12.5 Å². The van der Waals surface area contributed by atoms with E-state index in [4.69, 9.17) is 4.74 Å². The van der Waals surface area contributed by atoms with E-state index in [9.17, 15) is 9.59 Å². The molecule has 2 aromatic carbocycles. The van der Waals surface area contributed by atoms with E-state index in [2.05, 4.69) is 9.97 Å². The zero-order valence-corrected chi connectivity index (χ0v) is 20.5. The molecule has 4 aromatic rings. The predicted molar refractivity (Wildman–Crippen MR) is 133 cm³/mol. The number of carbonyl (C=O) groups is 2. The lowest BCUT2D eigenvalue weighted by Gasteiger charge is -2.17. The number of nitrogens with zero attached hydrogens (tertiary/aromatic N) is 3. The van der Waals surface area contributed by atoms with Crippen molar-refractivity contribution in [3.63, 3.8) is 0 Å². The Morgan fingerprint density at radius 1 is 1.00 bits per heavy atom. The quantitative estimate of drug-likeness (QED) is 0.213. The van der Waals surface area contributed by atoms with E-state index in [0.29, 0.717) is 22.1 Å². The maximum absolute atomic E-state index is 12.8. The summed E-state index contributed by atoms with van der Waals surface area (Å²) in [5.74, 6) is 0.0903. The van der Waals surface area contributed by atoms with Crippen LogP contribution in [-0.2, 0) is 21.9 Å². The zero-order chi connectivity index (χ0) is 23.2. The van der Waals surface area contributed by atoms with Gasteiger partial charge in [-0.1, -0.05) is 48.2 Å². The number of hydrogen-bond acceptors (Lipinski definition) is 8. The van der Waals surface area contributed by atoms with E-state index in [1.165, 1.54) is 18.3 Å². The molecule has 1 amide bonds. The Hall–Kier alpha value is -3.01. The molecule has 0 spiro atoms. The van der Waals surface area contributed by atoms with Crippen molar-refractivity contribution in [1.29, 1.82) is 0 Å². The van der Waals surface area contributed by atoms with E-state index in [1.54, 1.807) is 39.4 Å². The van der Waals surface area contributed by atoms with Gasteiger partial charge in [0.05, 0.1) is 16.9 Å². The Bertz CT molecular complexity index is 1250. The molecule has 0 unspecified atom stereocenters. The summed E-state index contributed by atoms with van der Waals surface area (Å²) in [6, 6.07) is 16.8. The molecule has 4 rings (SSSR count). The van der Waals surface area contributed by atoms with Crippen molar-refractivity contribution in [3.05, 3.63) is 87.9 Å². The number of benzene rings is 2. The molecule has 2 heterocycles. The first-order valence-corrected chi connectivity index (χ1v) is 12.9. The average molecular weight is 496 g/mol. The predicted octanol–water partition coefficient (Wildman–Crippen LogP) is 6.24. The number of anilines is 2. The molecule has 0 radical (unpaired) electrons. The number of para-hydroxylation sites is 1. The van der Waals surface area contributed by atoms with Crippen LogP contribution in [0.4, 0.5) is 10.8 Å². The molecule has 0 saturated heterocycles. The molecule has 0 saturated carbocycles. The summed E-state index contributed by atoms with van der Waals surface area (Å²) in [6.07, 6.45) is 0. The van der Waals surface area contributed by atoms with Crippen LogP contribution in [0.3, 0.4) is 0 Å². The topological polar surface area (TPSA) is 72.4 Å². The molecule has 0 bridgehead atoms. The summed E-state index contributed by atoms with van der Waals surface area (Å²) in [5, 5.41) is 4.35. The minimum Gasteiger partial charge on any atom is -0.456 e. The van der Waals surface area contributed by atoms with Gasteiger partial charge in [-0.2, -0.15) is 0 Å². The van der Waals surface area contributed by atoms with Crippen LogP contribution in [0, 0.1) is 6.92 Å². The Labute approximate surface area is 204 Å². The lowest BCUT2D eigenvalue weighted by molar-refractivity contribution is -0.115. The van der Waals surface area contributed by atoms with Crippen molar-refractivity contribution in [2.45, 2.75) is 30.5 Å². The standard InChI is InChI=1S/C24H21N3O3S3/c1-16-13-32-24(25-16)33-14-18-8-6-7-11-21(18)22(29)30-12-19-15-31-23(26-19)27(17(2)28)20-9-4-3-5-10-20/h3-11,13,15H,12,14H2,1-2H3. The van der Waals surface area contributed by atoms with Crippen LogP contribution in [-0.4, -0.2) is 21.8 Å². The van der Waals surface area contributed by atoms with Gasteiger partial charge in [-0.25, -0.2) is 14.8 Å². The highest BCUT2D eigenvalue weighted by Crippen LogP contribution is 2.30. The molecule has 9 heteroatoms. The lowest BCUT2D eigenvalue weighted by Crippen LogP contribution is -2.22. The lowest BCUT2D eigenvalue weighted by atomic mass is 10.1. The molecule has 2 aromatic heterocycles. The normalized spacial score (nSPS) is 10.7. The SMILES string of the molecule is CC(=O)N(c1ccccc1)c1nc(COC(=O)c2ccccc2CSc2nc(C)cs2)cs1. The number of thioether (sulfide) groups is 1. The second-order valence-electron chi connectivity index (χ2n) is 7.09. The van der Waals surface area contributed by atoms with Crippen LogP contribution in [0.5, 0.6) is 0 Å². The van der Waals surface area contributed by atoms with Crippen molar-refractivity contribution < 1.29 is 14.3 Å². The van der Waals surface area contributed by atoms with Gasteiger partial charge in [-0.15, -0.1) is 22.7 Å². The molecule has 0 aliphatic rings. The Kier molecular flexibility index (Phi) is 7.54. The van der Waals surface area contributed by atoms with E-state index in [1.807, 2.05) is 60.8 Å². The van der Waals surface area contributed by atoms with Gasteiger partial charge < -0.3 is 4.74 Å². The van der Waals surface area contributed by atoms with E-state index in [0.717, 1.165) is 21.3 Å². The van der Waals surface area contributed by atoms with Gasteiger partial charge in [0, 0.05) is 29.1 Å². The van der Waals surface area contributed by atoms with Gasteiger partial charge in [-0.05, 0) is 30.7 Å². The molecule has 0 aliphatic heterocycles. The fourth-order valence-corrected chi connectivity index (χ4v) is 5.79. The van der Waals surface area contributed by atoms with Crippen LogP contribution < -0.4 is 4.90 Å².